The molecule has 2 rings (SSSR count). The van der Waals surface area contributed by atoms with E-state index in [1.54, 1.807) is 24.0 Å². The van der Waals surface area contributed by atoms with E-state index < -0.39 is 5.97 Å². The van der Waals surface area contributed by atoms with Crippen LogP contribution in [0.3, 0.4) is 0 Å². The summed E-state index contributed by atoms with van der Waals surface area (Å²) in [6.45, 7) is 2.58. The summed E-state index contributed by atoms with van der Waals surface area (Å²) in [6, 6.07) is 1.02. The van der Waals surface area contributed by atoms with Crippen molar-refractivity contribution in [1.29, 1.82) is 0 Å². The Morgan fingerprint density at radius 2 is 2.24 bits per heavy atom. The summed E-state index contributed by atoms with van der Waals surface area (Å²) in [5.74, 6) is -0.359. The predicted molar refractivity (Wildman–Crippen MR) is 70.7 cm³/mol. The molecule has 0 bridgehead atoms. The summed E-state index contributed by atoms with van der Waals surface area (Å²) in [5, 5.41) is 21.5. The Hall–Kier alpha value is -2.84. The molecule has 2 aromatic rings. The van der Waals surface area contributed by atoms with Crippen molar-refractivity contribution in [1.82, 2.24) is 25.6 Å². The summed E-state index contributed by atoms with van der Waals surface area (Å²) in [4.78, 5) is 22.4. The van der Waals surface area contributed by atoms with Crippen LogP contribution >= 0.6 is 0 Å². The number of aryl methyl sites for hydroxylation is 1. The number of nitrogens with zero attached hydrogens (tertiary/aromatic N) is 3. The maximum absolute atomic E-state index is 11.5. The van der Waals surface area contributed by atoms with Crippen LogP contribution in [0, 0.1) is 6.92 Å². The number of carbonyl (C=O) groups excluding carboxylic acids is 1. The van der Waals surface area contributed by atoms with Gasteiger partial charge in [0, 0.05) is 12.7 Å². The number of carbonyl (C=O) groups is 2. The SMILES string of the molecule is Cc1oc(CNC(=O)NCCn2ccnn2)cc1C(=O)O. The molecular weight excluding hydrogens is 278 g/mol. The van der Waals surface area contributed by atoms with Crippen molar-refractivity contribution in [3.05, 3.63) is 35.5 Å². The lowest BCUT2D eigenvalue weighted by Gasteiger charge is -2.06. The molecule has 0 fully saturated rings. The van der Waals surface area contributed by atoms with Crippen molar-refractivity contribution in [2.45, 2.75) is 20.0 Å². The van der Waals surface area contributed by atoms with Crippen LogP contribution in [0.15, 0.2) is 22.9 Å². The molecular formula is C12H15N5O4. The second kappa shape index (κ2) is 6.55. The number of aromatic nitrogens is 3. The monoisotopic (exact) mass is 293 g/mol. The molecule has 0 aliphatic rings. The third-order valence-electron chi connectivity index (χ3n) is 2.72. The molecule has 9 heteroatoms. The van der Waals surface area contributed by atoms with Crippen LogP contribution < -0.4 is 10.6 Å². The zero-order chi connectivity index (χ0) is 15.2. The van der Waals surface area contributed by atoms with E-state index >= 15 is 0 Å². The number of hydrogen-bond acceptors (Lipinski definition) is 5. The minimum atomic E-state index is -1.06. The molecule has 0 atom stereocenters. The molecule has 0 spiro atoms. The summed E-state index contributed by atoms with van der Waals surface area (Å²) < 4.78 is 6.84. The number of furan rings is 1. The van der Waals surface area contributed by atoms with Crippen molar-refractivity contribution >= 4 is 12.0 Å². The van der Waals surface area contributed by atoms with Crippen molar-refractivity contribution in [2.24, 2.45) is 0 Å². The lowest BCUT2D eigenvalue weighted by molar-refractivity contribution is 0.0695. The molecule has 2 amide bonds. The topological polar surface area (TPSA) is 122 Å². The Kier molecular flexibility index (Phi) is 4.54. The quantitative estimate of drug-likeness (QED) is 0.707. The third kappa shape index (κ3) is 4.06. The number of urea groups is 1. The van der Waals surface area contributed by atoms with E-state index in [0.29, 0.717) is 24.6 Å². The number of carboxylic acid groups (broad SMARTS) is 1. The van der Waals surface area contributed by atoms with Crippen LogP contribution in [0.1, 0.15) is 21.9 Å². The highest BCUT2D eigenvalue weighted by Gasteiger charge is 2.13. The number of aromatic carboxylic acids is 1. The molecule has 0 aromatic carbocycles. The minimum Gasteiger partial charge on any atom is -0.478 e. The Morgan fingerprint density at radius 3 is 2.86 bits per heavy atom. The zero-order valence-electron chi connectivity index (χ0n) is 11.4. The van der Waals surface area contributed by atoms with E-state index in [0.717, 1.165) is 0 Å². The molecule has 112 valence electrons. The number of carboxylic acids is 1. The fourth-order valence-corrected chi connectivity index (χ4v) is 1.71. The van der Waals surface area contributed by atoms with Gasteiger partial charge >= 0.3 is 12.0 Å². The van der Waals surface area contributed by atoms with Gasteiger partial charge in [-0.1, -0.05) is 5.21 Å². The first kappa shape index (κ1) is 14.6. The molecule has 3 N–H and O–H groups in total. The summed E-state index contributed by atoms with van der Waals surface area (Å²) in [7, 11) is 0. The van der Waals surface area contributed by atoms with Gasteiger partial charge < -0.3 is 20.2 Å². The van der Waals surface area contributed by atoms with Crippen LogP contribution in [0.2, 0.25) is 0 Å². The van der Waals surface area contributed by atoms with Gasteiger partial charge in [-0.3, -0.25) is 4.68 Å². The van der Waals surface area contributed by atoms with E-state index in [1.165, 1.54) is 6.07 Å². The van der Waals surface area contributed by atoms with Gasteiger partial charge in [-0.2, -0.15) is 0 Å². The Bertz CT molecular complexity index is 620. The second-order valence-electron chi connectivity index (χ2n) is 4.26. The predicted octanol–water partition coefficient (Wildman–Crippen LogP) is 0.377. The van der Waals surface area contributed by atoms with Crippen LogP contribution in [0.25, 0.3) is 0 Å². The molecule has 0 saturated heterocycles. The van der Waals surface area contributed by atoms with Crippen molar-refractivity contribution < 1.29 is 19.1 Å². The summed E-state index contributed by atoms with van der Waals surface area (Å²) >= 11 is 0. The van der Waals surface area contributed by atoms with Crippen LogP contribution in [-0.4, -0.2) is 38.6 Å². The molecule has 2 heterocycles. The summed E-state index contributed by atoms with van der Waals surface area (Å²) in [5.41, 5.74) is 0.0957. The Morgan fingerprint density at radius 1 is 1.43 bits per heavy atom. The van der Waals surface area contributed by atoms with E-state index in [-0.39, 0.29) is 18.1 Å². The smallest absolute Gasteiger partial charge is 0.339 e. The molecule has 0 aliphatic heterocycles. The average Bonchev–Trinajstić information content (AvgIpc) is 3.06. The highest BCUT2D eigenvalue weighted by atomic mass is 16.4. The normalized spacial score (nSPS) is 10.3. The van der Waals surface area contributed by atoms with Gasteiger partial charge in [-0.05, 0) is 13.0 Å². The van der Waals surface area contributed by atoms with Crippen molar-refractivity contribution in [2.75, 3.05) is 6.54 Å². The largest absolute Gasteiger partial charge is 0.478 e. The molecule has 0 radical (unpaired) electrons. The van der Waals surface area contributed by atoms with E-state index in [9.17, 15) is 9.59 Å². The number of amides is 2. The number of hydrogen-bond donors (Lipinski definition) is 3. The minimum absolute atomic E-state index is 0.0957. The van der Waals surface area contributed by atoms with Crippen LogP contribution in [0.4, 0.5) is 4.79 Å². The fraction of sp³-hybridized carbons (Fsp3) is 0.333. The van der Waals surface area contributed by atoms with Gasteiger partial charge in [0.1, 0.15) is 17.1 Å². The van der Waals surface area contributed by atoms with Gasteiger partial charge in [0.05, 0.1) is 19.3 Å². The molecule has 0 saturated carbocycles. The number of nitrogens with one attached hydrogen (secondary N) is 2. The average molecular weight is 293 g/mol. The number of rotatable bonds is 6. The second-order valence-corrected chi connectivity index (χ2v) is 4.26. The standard InChI is InChI=1S/C12H15N5O4/c1-8-10(11(18)19)6-9(21-8)7-14-12(20)13-2-4-17-5-3-15-16-17/h3,5-6H,2,4,7H2,1H3,(H,18,19)(H2,13,14,20). The molecule has 2 aromatic heterocycles. The molecule has 21 heavy (non-hydrogen) atoms. The van der Waals surface area contributed by atoms with Gasteiger partial charge in [-0.25, -0.2) is 9.59 Å². The Balaban J connectivity index is 1.73. The van der Waals surface area contributed by atoms with Gasteiger partial charge in [0.25, 0.3) is 0 Å². The first-order valence-electron chi connectivity index (χ1n) is 6.24. The van der Waals surface area contributed by atoms with Gasteiger partial charge in [0.15, 0.2) is 0 Å². The molecule has 9 nitrogen and oxygen atoms in total. The van der Waals surface area contributed by atoms with Crippen molar-refractivity contribution in [3.63, 3.8) is 0 Å². The molecule has 0 aliphatic carbocycles. The molecule has 0 unspecified atom stereocenters. The first-order chi connectivity index (χ1) is 10.1. The van der Waals surface area contributed by atoms with Gasteiger partial charge in [-0.15, -0.1) is 5.10 Å². The van der Waals surface area contributed by atoms with Crippen LogP contribution in [0.5, 0.6) is 0 Å². The van der Waals surface area contributed by atoms with Crippen molar-refractivity contribution in [3.8, 4) is 0 Å². The Labute approximate surface area is 119 Å². The third-order valence-corrected chi connectivity index (χ3v) is 2.72. The highest BCUT2D eigenvalue weighted by molar-refractivity contribution is 5.88. The highest BCUT2D eigenvalue weighted by Crippen LogP contribution is 2.14. The van der Waals surface area contributed by atoms with E-state index in [2.05, 4.69) is 20.9 Å². The van der Waals surface area contributed by atoms with Gasteiger partial charge in [0.2, 0.25) is 0 Å². The first-order valence-corrected chi connectivity index (χ1v) is 6.24. The lowest BCUT2D eigenvalue weighted by Crippen LogP contribution is -2.36. The van der Waals surface area contributed by atoms with Crippen LogP contribution in [-0.2, 0) is 13.1 Å². The summed E-state index contributed by atoms with van der Waals surface area (Å²) in [6.07, 6.45) is 3.25. The maximum Gasteiger partial charge on any atom is 0.339 e. The fourth-order valence-electron chi connectivity index (χ4n) is 1.71. The zero-order valence-corrected chi connectivity index (χ0v) is 11.4. The van der Waals surface area contributed by atoms with E-state index in [1.807, 2.05) is 0 Å². The lowest BCUT2D eigenvalue weighted by atomic mass is 10.2. The van der Waals surface area contributed by atoms with E-state index in [4.69, 9.17) is 9.52 Å². The maximum atomic E-state index is 11.5.